The number of ether oxygens (including phenoxy) is 1. The van der Waals surface area contributed by atoms with Gasteiger partial charge in [0.15, 0.2) is 0 Å². The van der Waals surface area contributed by atoms with Crippen LogP contribution in [0.25, 0.3) is 0 Å². The minimum Gasteiger partial charge on any atom is -0.381 e. The number of nitrogens with two attached hydrogens (primary N) is 1. The Hall–Kier alpha value is -0.450. The maximum atomic E-state index is 13.2. The van der Waals surface area contributed by atoms with Gasteiger partial charge < -0.3 is 10.5 Å². The summed E-state index contributed by atoms with van der Waals surface area (Å²) in [5.41, 5.74) is 7.02. The molecule has 0 aliphatic carbocycles. The van der Waals surface area contributed by atoms with Crippen LogP contribution in [0.2, 0.25) is 0 Å². The quantitative estimate of drug-likeness (QED) is 0.908. The van der Waals surface area contributed by atoms with Crippen molar-refractivity contribution in [3.8, 4) is 0 Å². The molecule has 16 heavy (non-hydrogen) atoms. The van der Waals surface area contributed by atoms with Crippen LogP contribution in [-0.2, 0) is 4.74 Å². The van der Waals surface area contributed by atoms with E-state index < -0.39 is 0 Å². The summed E-state index contributed by atoms with van der Waals surface area (Å²) in [6.45, 7) is 1.52. The Morgan fingerprint density at radius 3 is 2.62 bits per heavy atom. The lowest BCUT2D eigenvalue weighted by atomic mass is 9.88. The summed E-state index contributed by atoms with van der Waals surface area (Å²) in [4.78, 5) is 0. The van der Waals surface area contributed by atoms with Crippen molar-refractivity contribution in [2.24, 2.45) is 11.7 Å². The molecule has 1 aliphatic rings. The van der Waals surface area contributed by atoms with Crippen LogP contribution in [0.4, 0.5) is 4.39 Å². The lowest BCUT2D eigenvalue weighted by molar-refractivity contribution is 0.0583. The Balaban J connectivity index is 2.15. The van der Waals surface area contributed by atoms with E-state index in [1.165, 1.54) is 12.1 Å². The maximum absolute atomic E-state index is 13.2. The van der Waals surface area contributed by atoms with Crippen LogP contribution in [0, 0.1) is 11.7 Å². The molecule has 2 N–H and O–H groups in total. The van der Waals surface area contributed by atoms with Gasteiger partial charge in [-0.2, -0.15) is 0 Å². The molecule has 2 rings (SSSR count). The minimum atomic E-state index is -0.244. The Labute approximate surface area is 103 Å². The first kappa shape index (κ1) is 12.0. The molecule has 0 spiro atoms. The van der Waals surface area contributed by atoms with E-state index in [1.807, 2.05) is 6.07 Å². The molecular weight excluding hydrogens is 273 g/mol. The fraction of sp³-hybridized carbons (Fsp3) is 0.500. The Kier molecular flexibility index (Phi) is 3.95. The van der Waals surface area contributed by atoms with Crippen LogP contribution in [0.15, 0.2) is 22.7 Å². The monoisotopic (exact) mass is 287 g/mol. The average Bonchev–Trinajstić information content (AvgIpc) is 2.28. The third kappa shape index (κ3) is 2.81. The summed E-state index contributed by atoms with van der Waals surface area (Å²) in [7, 11) is 0. The summed E-state index contributed by atoms with van der Waals surface area (Å²) in [6.07, 6.45) is 1.91. The second-order valence-corrected chi connectivity index (χ2v) is 5.09. The molecule has 0 bridgehead atoms. The van der Waals surface area contributed by atoms with Gasteiger partial charge in [0.1, 0.15) is 5.82 Å². The molecule has 4 heteroatoms. The van der Waals surface area contributed by atoms with Gasteiger partial charge in [-0.3, -0.25) is 0 Å². The average molecular weight is 288 g/mol. The van der Waals surface area contributed by atoms with E-state index in [0.717, 1.165) is 36.1 Å². The Morgan fingerprint density at radius 2 is 2.00 bits per heavy atom. The van der Waals surface area contributed by atoms with Gasteiger partial charge >= 0.3 is 0 Å². The van der Waals surface area contributed by atoms with Gasteiger partial charge in [0.05, 0.1) is 0 Å². The fourth-order valence-electron chi connectivity index (χ4n) is 2.11. The largest absolute Gasteiger partial charge is 0.381 e. The lowest BCUT2D eigenvalue weighted by Gasteiger charge is -2.28. The molecule has 0 unspecified atom stereocenters. The molecule has 0 radical (unpaired) electrons. The summed E-state index contributed by atoms with van der Waals surface area (Å²) >= 11 is 3.29. The maximum Gasteiger partial charge on any atom is 0.124 e. The molecule has 1 aliphatic heterocycles. The molecular formula is C12H15BrFNO. The summed E-state index contributed by atoms with van der Waals surface area (Å²) in [5.74, 6) is 0.148. The minimum absolute atomic E-state index is 0.101. The Bertz CT molecular complexity index is 346. The third-order valence-electron chi connectivity index (χ3n) is 3.04. The first-order valence-electron chi connectivity index (χ1n) is 5.46. The van der Waals surface area contributed by atoms with E-state index in [-0.39, 0.29) is 11.9 Å². The Morgan fingerprint density at radius 1 is 1.31 bits per heavy atom. The highest BCUT2D eigenvalue weighted by molar-refractivity contribution is 9.10. The summed E-state index contributed by atoms with van der Waals surface area (Å²) in [5, 5.41) is 0. The normalized spacial score (nSPS) is 19.7. The van der Waals surface area contributed by atoms with Crippen LogP contribution < -0.4 is 5.73 Å². The van der Waals surface area contributed by atoms with Gasteiger partial charge in [0.25, 0.3) is 0 Å². The highest BCUT2D eigenvalue weighted by Gasteiger charge is 2.22. The number of benzene rings is 1. The number of hydrogen-bond acceptors (Lipinski definition) is 2. The van der Waals surface area contributed by atoms with Gasteiger partial charge in [-0.25, -0.2) is 4.39 Å². The van der Waals surface area contributed by atoms with E-state index in [0.29, 0.717) is 5.92 Å². The van der Waals surface area contributed by atoms with Crippen molar-refractivity contribution >= 4 is 15.9 Å². The molecule has 1 atom stereocenters. The first-order valence-corrected chi connectivity index (χ1v) is 6.25. The third-order valence-corrected chi connectivity index (χ3v) is 3.50. The second-order valence-electron chi connectivity index (χ2n) is 4.18. The SMILES string of the molecule is N[C@@H](c1cc(F)cc(Br)c1)C1CCOCC1. The molecule has 2 nitrogen and oxygen atoms in total. The van der Waals surface area contributed by atoms with E-state index in [9.17, 15) is 4.39 Å². The van der Waals surface area contributed by atoms with E-state index >= 15 is 0 Å². The zero-order chi connectivity index (χ0) is 11.5. The van der Waals surface area contributed by atoms with Crippen molar-refractivity contribution in [3.63, 3.8) is 0 Å². The highest BCUT2D eigenvalue weighted by Crippen LogP contribution is 2.29. The van der Waals surface area contributed by atoms with Crippen LogP contribution in [-0.4, -0.2) is 13.2 Å². The molecule has 1 heterocycles. The second kappa shape index (κ2) is 5.25. The molecule has 0 amide bonds. The smallest absolute Gasteiger partial charge is 0.124 e. The van der Waals surface area contributed by atoms with Crippen LogP contribution in [0.1, 0.15) is 24.4 Å². The van der Waals surface area contributed by atoms with Crippen LogP contribution in [0.5, 0.6) is 0 Å². The van der Waals surface area contributed by atoms with Crippen molar-refractivity contribution in [3.05, 3.63) is 34.1 Å². The number of hydrogen-bond donors (Lipinski definition) is 1. The molecule has 1 saturated heterocycles. The van der Waals surface area contributed by atoms with Crippen molar-refractivity contribution in [2.45, 2.75) is 18.9 Å². The zero-order valence-electron chi connectivity index (χ0n) is 8.96. The molecule has 1 fully saturated rings. The van der Waals surface area contributed by atoms with Crippen molar-refractivity contribution in [2.75, 3.05) is 13.2 Å². The number of rotatable bonds is 2. The topological polar surface area (TPSA) is 35.2 Å². The van der Waals surface area contributed by atoms with Crippen LogP contribution >= 0.6 is 15.9 Å². The van der Waals surface area contributed by atoms with Gasteiger partial charge in [0, 0.05) is 23.7 Å². The van der Waals surface area contributed by atoms with Gasteiger partial charge in [-0.05, 0) is 42.5 Å². The molecule has 0 saturated carbocycles. The fourth-order valence-corrected chi connectivity index (χ4v) is 2.60. The molecule has 1 aromatic carbocycles. The standard InChI is InChI=1S/C12H15BrFNO/c13-10-5-9(6-11(14)7-10)12(15)8-1-3-16-4-2-8/h5-8,12H,1-4,15H2/t12-/m1/s1. The van der Waals surface area contributed by atoms with Crippen molar-refractivity contribution < 1.29 is 9.13 Å². The zero-order valence-corrected chi connectivity index (χ0v) is 10.5. The van der Waals surface area contributed by atoms with Gasteiger partial charge in [0.2, 0.25) is 0 Å². The van der Waals surface area contributed by atoms with Gasteiger partial charge in [-0.15, -0.1) is 0 Å². The van der Waals surface area contributed by atoms with Crippen molar-refractivity contribution in [1.29, 1.82) is 0 Å². The van der Waals surface area contributed by atoms with Crippen LogP contribution in [0.3, 0.4) is 0 Å². The molecule has 0 aromatic heterocycles. The predicted molar refractivity (Wildman–Crippen MR) is 64.6 cm³/mol. The van der Waals surface area contributed by atoms with Gasteiger partial charge in [-0.1, -0.05) is 15.9 Å². The molecule has 88 valence electrons. The predicted octanol–water partition coefficient (Wildman–Crippen LogP) is 3.01. The summed E-state index contributed by atoms with van der Waals surface area (Å²) in [6, 6.07) is 4.75. The number of halogens is 2. The van der Waals surface area contributed by atoms with Crippen molar-refractivity contribution in [1.82, 2.24) is 0 Å². The van der Waals surface area contributed by atoms with E-state index in [2.05, 4.69) is 15.9 Å². The first-order chi connectivity index (χ1) is 7.66. The van der Waals surface area contributed by atoms with E-state index in [4.69, 9.17) is 10.5 Å². The molecule has 1 aromatic rings. The lowest BCUT2D eigenvalue weighted by Crippen LogP contribution is -2.27. The van der Waals surface area contributed by atoms with E-state index in [1.54, 1.807) is 0 Å². The highest BCUT2D eigenvalue weighted by atomic mass is 79.9. The summed E-state index contributed by atoms with van der Waals surface area (Å²) < 4.78 is 19.3.